The first-order chi connectivity index (χ1) is 8.72. The van der Waals surface area contributed by atoms with Gasteiger partial charge in [-0.3, -0.25) is 0 Å². The lowest BCUT2D eigenvalue weighted by Gasteiger charge is -2.19. The maximum absolute atomic E-state index is 13.2. The van der Waals surface area contributed by atoms with E-state index in [4.69, 9.17) is 0 Å². The smallest absolute Gasteiger partial charge is 0.127 e. The third-order valence-corrected chi connectivity index (χ3v) is 2.93. The van der Waals surface area contributed by atoms with Gasteiger partial charge in [-0.25, -0.2) is 9.37 Å². The maximum atomic E-state index is 13.2. The van der Waals surface area contributed by atoms with Gasteiger partial charge in [-0.1, -0.05) is 13.0 Å². The number of aromatic nitrogens is 2. The predicted octanol–water partition coefficient (Wildman–Crippen LogP) is 2.95. The lowest BCUT2D eigenvalue weighted by atomic mass is 10.0. The molecule has 0 aliphatic carbocycles. The third kappa shape index (κ3) is 2.76. The third-order valence-electron chi connectivity index (χ3n) is 2.93. The van der Waals surface area contributed by atoms with Crippen LogP contribution in [0.3, 0.4) is 0 Å². The highest BCUT2D eigenvalue weighted by molar-refractivity contribution is 5.33. The molecule has 0 saturated carbocycles. The number of rotatable bonds is 5. The van der Waals surface area contributed by atoms with Crippen molar-refractivity contribution in [2.75, 3.05) is 6.54 Å². The van der Waals surface area contributed by atoms with Crippen molar-refractivity contribution >= 4 is 0 Å². The molecule has 0 saturated heterocycles. The molecule has 2 rings (SSSR count). The Bertz CT molecular complexity index is 494. The first-order valence-electron chi connectivity index (χ1n) is 6.21. The van der Waals surface area contributed by atoms with E-state index in [0.717, 1.165) is 29.9 Å². The van der Waals surface area contributed by atoms with E-state index in [0.29, 0.717) is 0 Å². The minimum Gasteiger partial charge on any atom is -0.347 e. The highest BCUT2D eigenvalue weighted by Gasteiger charge is 2.17. The van der Waals surface area contributed by atoms with Crippen molar-refractivity contribution in [3.8, 4) is 0 Å². The summed E-state index contributed by atoms with van der Waals surface area (Å²) in [5.41, 5.74) is 1.99. The van der Waals surface area contributed by atoms with Crippen molar-refractivity contribution in [1.82, 2.24) is 15.3 Å². The van der Waals surface area contributed by atoms with Crippen molar-refractivity contribution in [2.24, 2.45) is 0 Å². The fourth-order valence-electron chi connectivity index (χ4n) is 2.04. The van der Waals surface area contributed by atoms with Crippen LogP contribution in [0, 0.1) is 12.7 Å². The summed E-state index contributed by atoms with van der Waals surface area (Å²) in [4.78, 5) is 7.42. The van der Waals surface area contributed by atoms with E-state index in [1.165, 1.54) is 6.07 Å². The fourth-order valence-corrected chi connectivity index (χ4v) is 2.04. The summed E-state index contributed by atoms with van der Waals surface area (Å²) in [5, 5.41) is 3.43. The zero-order valence-corrected chi connectivity index (χ0v) is 10.7. The average molecular weight is 247 g/mol. The minimum absolute atomic E-state index is 0.0134. The molecule has 2 aromatic rings. The Morgan fingerprint density at radius 2 is 2.28 bits per heavy atom. The first-order valence-corrected chi connectivity index (χ1v) is 6.21. The quantitative estimate of drug-likeness (QED) is 0.852. The van der Waals surface area contributed by atoms with Crippen LogP contribution in [0.15, 0.2) is 30.6 Å². The number of imidazole rings is 1. The molecular weight excluding hydrogens is 229 g/mol. The predicted molar refractivity (Wildman–Crippen MR) is 69.9 cm³/mol. The Balaban J connectivity index is 2.33. The molecule has 1 aromatic carbocycles. The molecular formula is C14H18FN3. The standard InChI is InChI=1S/C14H18FN3/c1-3-6-16-13(14-17-7-8-18-14)12-5-4-11(15)9-10(12)2/h4-5,7-9,13,16H,3,6H2,1-2H3,(H,17,18). The van der Waals surface area contributed by atoms with Gasteiger partial charge in [0.05, 0.1) is 6.04 Å². The van der Waals surface area contributed by atoms with Crippen LogP contribution in [-0.2, 0) is 0 Å². The van der Waals surface area contributed by atoms with E-state index >= 15 is 0 Å². The summed E-state index contributed by atoms with van der Waals surface area (Å²) in [5.74, 6) is 0.656. The fraction of sp³-hybridized carbons (Fsp3) is 0.357. The minimum atomic E-state index is -0.204. The van der Waals surface area contributed by atoms with Gasteiger partial charge in [0, 0.05) is 12.4 Å². The Hall–Kier alpha value is -1.68. The van der Waals surface area contributed by atoms with Crippen LogP contribution in [0.2, 0.25) is 0 Å². The van der Waals surface area contributed by atoms with Crippen LogP contribution in [0.1, 0.15) is 36.3 Å². The molecule has 0 amide bonds. The number of benzene rings is 1. The molecule has 0 radical (unpaired) electrons. The summed E-state index contributed by atoms with van der Waals surface area (Å²) >= 11 is 0. The van der Waals surface area contributed by atoms with Gasteiger partial charge in [0.15, 0.2) is 0 Å². The zero-order chi connectivity index (χ0) is 13.0. The van der Waals surface area contributed by atoms with Gasteiger partial charge >= 0.3 is 0 Å². The summed E-state index contributed by atoms with van der Waals surface area (Å²) in [6.45, 7) is 4.92. The van der Waals surface area contributed by atoms with Crippen LogP contribution in [-0.4, -0.2) is 16.5 Å². The molecule has 0 aliphatic rings. The molecule has 1 unspecified atom stereocenters. The van der Waals surface area contributed by atoms with Crippen molar-refractivity contribution in [2.45, 2.75) is 26.3 Å². The van der Waals surface area contributed by atoms with Crippen molar-refractivity contribution in [3.63, 3.8) is 0 Å². The molecule has 1 heterocycles. The second kappa shape index (κ2) is 5.78. The second-order valence-corrected chi connectivity index (χ2v) is 4.36. The zero-order valence-electron chi connectivity index (χ0n) is 10.7. The van der Waals surface area contributed by atoms with E-state index in [9.17, 15) is 4.39 Å². The van der Waals surface area contributed by atoms with Crippen LogP contribution in [0.4, 0.5) is 4.39 Å². The number of aromatic amines is 1. The van der Waals surface area contributed by atoms with Crippen LogP contribution < -0.4 is 5.32 Å². The summed E-state index contributed by atoms with van der Waals surface area (Å²) < 4.78 is 13.2. The Labute approximate surface area is 106 Å². The maximum Gasteiger partial charge on any atom is 0.127 e. The molecule has 1 atom stereocenters. The highest BCUT2D eigenvalue weighted by Crippen LogP contribution is 2.23. The Morgan fingerprint density at radius 3 is 2.89 bits per heavy atom. The SMILES string of the molecule is CCCNC(c1ncc[nH]1)c1ccc(F)cc1C. The number of halogens is 1. The molecule has 2 N–H and O–H groups in total. The molecule has 18 heavy (non-hydrogen) atoms. The van der Waals surface area contributed by atoms with Gasteiger partial charge in [0.25, 0.3) is 0 Å². The summed E-state index contributed by atoms with van der Waals surface area (Å²) in [6.07, 6.45) is 4.57. The molecule has 1 aromatic heterocycles. The van der Waals surface area contributed by atoms with Crippen molar-refractivity contribution in [1.29, 1.82) is 0 Å². The number of H-pyrrole nitrogens is 1. The van der Waals surface area contributed by atoms with Gasteiger partial charge in [-0.15, -0.1) is 0 Å². The topological polar surface area (TPSA) is 40.7 Å². The number of nitrogens with one attached hydrogen (secondary N) is 2. The molecule has 0 aliphatic heterocycles. The number of hydrogen-bond acceptors (Lipinski definition) is 2. The number of nitrogens with zero attached hydrogens (tertiary/aromatic N) is 1. The summed E-state index contributed by atoms with van der Waals surface area (Å²) in [7, 11) is 0. The normalized spacial score (nSPS) is 12.6. The average Bonchev–Trinajstić information content (AvgIpc) is 2.85. The Morgan fingerprint density at radius 1 is 1.44 bits per heavy atom. The van der Waals surface area contributed by atoms with E-state index in [2.05, 4.69) is 22.2 Å². The summed E-state index contributed by atoms with van der Waals surface area (Å²) in [6, 6.07) is 4.85. The molecule has 0 bridgehead atoms. The van der Waals surface area contributed by atoms with Crippen LogP contribution >= 0.6 is 0 Å². The van der Waals surface area contributed by atoms with Gasteiger partial charge < -0.3 is 10.3 Å². The van der Waals surface area contributed by atoms with E-state index < -0.39 is 0 Å². The molecule has 0 spiro atoms. The van der Waals surface area contributed by atoms with Crippen LogP contribution in [0.25, 0.3) is 0 Å². The van der Waals surface area contributed by atoms with E-state index in [1.54, 1.807) is 18.5 Å². The van der Waals surface area contributed by atoms with Gasteiger partial charge in [-0.2, -0.15) is 0 Å². The van der Waals surface area contributed by atoms with Crippen molar-refractivity contribution in [3.05, 3.63) is 53.4 Å². The molecule has 4 heteroatoms. The van der Waals surface area contributed by atoms with Gasteiger partial charge in [0.2, 0.25) is 0 Å². The highest BCUT2D eigenvalue weighted by atomic mass is 19.1. The Kier molecular flexibility index (Phi) is 4.10. The van der Waals surface area contributed by atoms with Gasteiger partial charge in [-0.05, 0) is 43.1 Å². The molecule has 0 fully saturated rings. The lowest BCUT2D eigenvalue weighted by Crippen LogP contribution is -2.25. The monoisotopic (exact) mass is 247 g/mol. The van der Waals surface area contributed by atoms with Gasteiger partial charge in [0.1, 0.15) is 11.6 Å². The molecule has 96 valence electrons. The molecule has 3 nitrogen and oxygen atoms in total. The number of aryl methyl sites for hydroxylation is 1. The lowest BCUT2D eigenvalue weighted by molar-refractivity contribution is 0.570. The first kappa shape index (κ1) is 12.8. The number of hydrogen-bond donors (Lipinski definition) is 2. The largest absolute Gasteiger partial charge is 0.347 e. The van der Waals surface area contributed by atoms with Crippen LogP contribution in [0.5, 0.6) is 0 Å². The van der Waals surface area contributed by atoms with Crippen molar-refractivity contribution < 1.29 is 4.39 Å². The van der Waals surface area contributed by atoms with E-state index in [-0.39, 0.29) is 11.9 Å². The van der Waals surface area contributed by atoms with E-state index in [1.807, 2.05) is 13.0 Å². The second-order valence-electron chi connectivity index (χ2n) is 4.36.